The Kier molecular flexibility index (Phi) is 3.39. The first-order valence-electron chi connectivity index (χ1n) is 5.84. The SMILES string of the molecule is CC1=CC(=O)N(CCOC2CCCC2)C1=O. The van der Waals surface area contributed by atoms with Gasteiger partial charge in [-0.2, -0.15) is 0 Å². The Morgan fingerprint density at radius 3 is 2.62 bits per heavy atom. The molecule has 2 amide bonds. The summed E-state index contributed by atoms with van der Waals surface area (Å²) in [5.74, 6) is -0.391. The van der Waals surface area contributed by atoms with Crippen LogP contribution in [0, 0.1) is 0 Å². The summed E-state index contributed by atoms with van der Waals surface area (Å²) in [7, 11) is 0. The van der Waals surface area contributed by atoms with Crippen molar-refractivity contribution in [2.24, 2.45) is 0 Å². The number of imide groups is 1. The Morgan fingerprint density at radius 2 is 2.06 bits per heavy atom. The molecule has 0 saturated heterocycles. The Labute approximate surface area is 95.2 Å². The molecule has 2 aliphatic rings. The molecular weight excluding hydrogens is 206 g/mol. The molecule has 4 nitrogen and oxygen atoms in total. The maximum absolute atomic E-state index is 11.5. The first-order chi connectivity index (χ1) is 7.68. The smallest absolute Gasteiger partial charge is 0.256 e. The number of nitrogens with zero attached hydrogens (tertiary/aromatic N) is 1. The van der Waals surface area contributed by atoms with E-state index >= 15 is 0 Å². The second-order valence-electron chi connectivity index (χ2n) is 4.40. The van der Waals surface area contributed by atoms with Gasteiger partial charge in [-0.05, 0) is 19.8 Å². The standard InChI is InChI=1S/C12H17NO3/c1-9-8-11(14)13(12(9)15)6-7-16-10-4-2-3-5-10/h8,10H,2-7H2,1H3. The summed E-state index contributed by atoms with van der Waals surface area (Å²) in [6.07, 6.45) is 6.40. The van der Waals surface area contributed by atoms with E-state index in [0.717, 1.165) is 12.8 Å². The largest absolute Gasteiger partial charge is 0.376 e. The molecule has 4 heteroatoms. The average molecular weight is 223 g/mol. The van der Waals surface area contributed by atoms with E-state index in [0.29, 0.717) is 24.8 Å². The molecule has 1 heterocycles. The summed E-state index contributed by atoms with van der Waals surface area (Å²) >= 11 is 0. The molecule has 0 aromatic carbocycles. The van der Waals surface area contributed by atoms with Gasteiger partial charge in [0.25, 0.3) is 11.8 Å². The zero-order valence-electron chi connectivity index (χ0n) is 9.57. The summed E-state index contributed by atoms with van der Waals surface area (Å²) in [4.78, 5) is 24.2. The summed E-state index contributed by atoms with van der Waals surface area (Å²) < 4.78 is 5.63. The van der Waals surface area contributed by atoms with Crippen LogP contribution in [-0.4, -0.2) is 36.0 Å². The molecular formula is C12H17NO3. The lowest BCUT2D eigenvalue weighted by Gasteiger charge is -2.16. The van der Waals surface area contributed by atoms with Crippen molar-refractivity contribution in [2.45, 2.75) is 38.7 Å². The zero-order chi connectivity index (χ0) is 11.5. The van der Waals surface area contributed by atoms with Crippen LogP contribution in [-0.2, 0) is 14.3 Å². The normalized spacial score (nSPS) is 22.1. The van der Waals surface area contributed by atoms with Gasteiger partial charge in [0.15, 0.2) is 0 Å². The van der Waals surface area contributed by atoms with Crippen molar-refractivity contribution in [3.63, 3.8) is 0 Å². The van der Waals surface area contributed by atoms with Crippen LogP contribution in [0.5, 0.6) is 0 Å². The molecule has 1 aliphatic carbocycles. The minimum absolute atomic E-state index is 0.181. The number of ether oxygens (including phenoxy) is 1. The van der Waals surface area contributed by atoms with Gasteiger partial charge in [-0.1, -0.05) is 12.8 Å². The third-order valence-electron chi connectivity index (χ3n) is 3.16. The Bertz CT molecular complexity index is 329. The van der Waals surface area contributed by atoms with Crippen LogP contribution >= 0.6 is 0 Å². The van der Waals surface area contributed by atoms with Gasteiger partial charge in [0.05, 0.1) is 19.3 Å². The number of carbonyl (C=O) groups excluding carboxylic acids is 2. The van der Waals surface area contributed by atoms with Crippen molar-refractivity contribution in [3.05, 3.63) is 11.6 Å². The molecule has 0 bridgehead atoms. The van der Waals surface area contributed by atoms with E-state index in [2.05, 4.69) is 0 Å². The van der Waals surface area contributed by atoms with Crippen LogP contribution in [0.1, 0.15) is 32.6 Å². The second kappa shape index (κ2) is 4.78. The molecule has 0 N–H and O–H groups in total. The topological polar surface area (TPSA) is 46.6 Å². The predicted molar refractivity (Wildman–Crippen MR) is 58.7 cm³/mol. The third kappa shape index (κ3) is 2.32. The number of hydrogen-bond acceptors (Lipinski definition) is 3. The van der Waals surface area contributed by atoms with E-state index in [9.17, 15) is 9.59 Å². The monoisotopic (exact) mass is 223 g/mol. The number of hydrogen-bond donors (Lipinski definition) is 0. The maximum Gasteiger partial charge on any atom is 0.256 e. The molecule has 0 spiro atoms. The number of carbonyl (C=O) groups is 2. The Morgan fingerprint density at radius 1 is 1.38 bits per heavy atom. The fourth-order valence-electron chi connectivity index (χ4n) is 2.22. The first-order valence-corrected chi connectivity index (χ1v) is 5.84. The van der Waals surface area contributed by atoms with Crippen molar-refractivity contribution < 1.29 is 14.3 Å². The van der Waals surface area contributed by atoms with Crippen LogP contribution in [0.25, 0.3) is 0 Å². The summed E-state index contributed by atoms with van der Waals surface area (Å²) in [6.45, 7) is 2.50. The molecule has 2 rings (SSSR count). The van der Waals surface area contributed by atoms with Crippen molar-refractivity contribution >= 4 is 11.8 Å². The fourth-order valence-corrected chi connectivity index (χ4v) is 2.22. The van der Waals surface area contributed by atoms with Gasteiger partial charge in [-0.25, -0.2) is 0 Å². The highest BCUT2D eigenvalue weighted by Crippen LogP contribution is 2.21. The zero-order valence-corrected chi connectivity index (χ0v) is 9.57. The van der Waals surface area contributed by atoms with Gasteiger partial charge in [0.1, 0.15) is 0 Å². The number of rotatable bonds is 4. The Balaban J connectivity index is 1.74. The minimum atomic E-state index is -0.211. The summed E-state index contributed by atoms with van der Waals surface area (Å²) in [5, 5.41) is 0. The molecule has 0 unspecified atom stereocenters. The van der Waals surface area contributed by atoms with Crippen LogP contribution in [0.4, 0.5) is 0 Å². The van der Waals surface area contributed by atoms with Gasteiger partial charge in [-0.15, -0.1) is 0 Å². The molecule has 0 aromatic heterocycles. The first kappa shape index (κ1) is 11.3. The molecule has 0 atom stereocenters. The molecule has 1 fully saturated rings. The van der Waals surface area contributed by atoms with Crippen LogP contribution in [0.15, 0.2) is 11.6 Å². The lowest BCUT2D eigenvalue weighted by atomic mass is 10.3. The lowest BCUT2D eigenvalue weighted by Crippen LogP contribution is -2.34. The number of amides is 2. The van der Waals surface area contributed by atoms with Crippen LogP contribution in [0.2, 0.25) is 0 Å². The summed E-state index contributed by atoms with van der Waals surface area (Å²) in [6, 6.07) is 0. The van der Waals surface area contributed by atoms with Crippen molar-refractivity contribution in [2.75, 3.05) is 13.2 Å². The summed E-state index contributed by atoms with van der Waals surface area (Å²) in [5.41, 5.74) is 0.519. The molecule has 16 heavy (non-hydrogen) atoms. The van der Waals surface area contributed by atoms with E-state index < -0.39 is 0 Å². The fraction of sp³-hybridized carbons (Fsp3) is 0.667. The van der Waals surface area contributed by atoms with Gasteiger partial charge < -0.3 is 4.74 Å². The highest BCUT2D eigenvalue weighted by Gasteiger charge is 2.28. The molecule has 1 saturated carbocycles. The van der Waals surface area contributed by atoms with E-state index in [4.69, 9.17) is 4.74 Å². The molecule has 88 valence electrons. The van der Waals surface area contributed by atoms with Gasteiger partial charge in [-0.3, -0.25) is 14.5 Å². The highest BCUT2D eigenvalue weighted by atomic mass is 16.5. The van der Waals surface area contributed by atoms with E-state index in [1.54, 1.807) is 6.92 Å². The van der Waals surface area contributed by atoms with Gasteiger partial charge in [0, 0.05) is 11.6 Å². The van der Waals surface area contributed by atoms with E-state index in [1.165, 1.54) is 23.8 Å². The van der Waals surface area contributed by atoms with Crippen molar-refractivity contribution in [3.8, 4) is 0 Å². The molecule has 0 radical (unpaired) electrons. The van der Waals surface area contributed by atoms with E-state index in [1.807, 2.05) is 0 Å². The molecule has 1 aliphatic heterocycles. The predicted octanol–water partition coefficient (Wildman–Crippen LogP) is 1.26. The van der Waals surface area contributed by atoms with Crippen LogP contribution < -0.4 is 0 Å². The van der Waals surface area contributed by atoms with Gasteiger partial charge in [0.2, 0.25) is 0 Å². The third-order valence-corrected chi connectivity index (χ3v) is 3.16. The van der Waals surface area contributed by atoms with Crippen molar-refractivity contribution in [1.82, 2.24) is 4.90 Å². The quantitative estimate of drug-likeness (QED) is 0.674. The Hall–Kier alpha value is -1.16. The lowest BCUT2D eigenvalue weighted by molar-refractivity contribution is -0.138. The van der Waals surface area contributed by atoms with Gasteiger partial charge >= 0.3 is 0 Å². The minimum Gasteiger partial charge on any atom is -0.376 e. The highest BCUT2D eigenvalue weighted by molar-refractivity contribution is 6.15. The van der Waals surface area contributed by atoms with Crippen molar-refractivity contribution in [1.29, 1.82) is 0 Å². The molecule has 0 aromatic rings. The van der Waals surface area contributed by atoms with E-state index in [-0.39, 0.29) is 11.8 Å². The van der Waals surface area contributed by atoms with Crippen LogP contribution in [0.3, 0.4) is 0 Å². The average Bonchev–Trinajstić information content (AvgIpc) is 2.82. The second-order valence-corrected chi connectivity index (χ2v) is 4.40. The maximum atomic E-state index is 11.5.